The number of carbonyl (C=O) groups excluding carboxylic acids is 2. The Morgan fingerprint density at radius 3 is 2.54 bits per heavy atom. The zero-order chi connectivity index (χ0) is 21.1. The summed E-state index contributed by atoms with van der Waals surface area (Å²) < 4.78 is 49.0. The summed E-state index contributed by atoms with van der Waals surface area (Å²) >= 11 is 0. The molecule has 1 aromatic rings. The van der Waals surface area contributed by atoms with Gasteiger partial charge < -0.3 is 19.7 Å². The third kappa shape index (κ3) is 5.77. The number of halogens is 3. The number of hydrogen-bond donors (Lipinski definition) is 1. The molecule has 9 heteroatoms. The molecule has 1 aromatic carbocycles. The Balaban J connectivity index is 1.95. The molecule has 0 saturated carbocycles. The van der Waals surface area contributed by atoms with E-state index in [1.54, 1.807) is 45.9 Å². The number of carbonyl (C=O) groups is 2. The Labute approximate surface area is 162 Å². The first kappa shape index (κ1) is 21.8. The number of nitrogens with zero attached hydrogens (tertiary/aromatic N) is 1. The highest BCUT2D eigenvalue weighted by molar-refractivity contribution is 5.82. The van der Waals surface area contributed by atoms with Gasteiger partial charge in [-0.3, -0.25) is 4.79 Å². The van der Waals surface area contributed by atoms with Crippen LogP contribution in [0.4, 0.5) is 18.0 Å². The van der Waals surface area contributed by atoms with Crippen molar-refractivity contribution in [3.63, 3.8) is 0 Å². The Bertz CT molecular complexity index is 729. The highest BCUT2D eigenvalue weighted by Crippen LogP contribution is 2.34. The predicted octanol–water partition coefficient (Wildman–Crippen LogP) is 3.60. The first-order valence-corrected chi connectivity index (χ1v) is 8.99. The maximum absolute atomic E-state index is 12.8. The van der Waals surface area contributed by atoms with Crippen molar-refractivity contribution >= 4 is 12.0 Å². The second-order valence-electron chi connectivity index (χ2n) is 7.56. The molecule has 0 radical (unpaired) electrons. The van der Waals surface area contributed by atoms with Crippen molar-refractivity contribution in [1.29, 1.82) is 0 Å². The van der Waals surface area contributed by atoms with Crippen LogP contribution in [0, 0.1) is 0 Å². The number of alkyl carbamates (subject to hydrolysis) is 1. The monoisotopic (exact) mass is 402 g/mol. The van der Waals surface area contributed by atoms with Gasteiger partial charge in [0.2, 0.25) is 0 Å². The maximum Gasteiger partial charge on any atom is 0.471 e. The molecule has 1 N–H and O–H groups in total. The maximum atomic E-state index is 12.8. The van der Waals surface area contributed by atoms with Gasteiger partial charge in [-0.2, -0.15) is 13.2 Å². The van der Waals surface area contributed by atoms with E-state index in [0.717, 1.165) is 10.5 Å². The molecule has 28 heavy (non-hydrogen) atoms. The summed E-state index contributed by atoms with van der Waals surface area (Å²) in [5.74, 6) is -1.38. The van der Waals surface area contributed by atoms with Gasteiger partial charge in [0.05, 0.1) is 12.6 Å². The SMILES string of the molecule is CC1c2cc(OCCNC(=O)OC(C)(C)C)ccc2CCN1C(=O)C(F)(F)F. The van der Waals surface area contributed by atoms with E-state index in [2.05, 4.69) is 5.32 Å². The molecule has 1 aliphatic rings. The first-order chi connectivity index (χ1) is 12.9. The summed E-state index contributed by atoms with van der Waals surface area (Å²) in [7, 11) is 0. The third-order valence-electron chi connectivity index (χ3n) is 4.20. The van der Waals surface area contributed by atoms with Gasteiger partial charge in [-0.05, 0) is 57.4 Å². The number of hydrogen-bond acceptors (Lipinski definition) is 4. The van der Waals surface area contributed by atoms with Crippen LogP contribution >= 0.6 is 0 Å². The summed E-state index contributed by atoms with van der Waals surface area (Å²) in [4.78, 5) is 24.0. The summed E-state index contributed by atoms with van der Waals surface area (Å²) in [5, 5.41) is 2.56. The van der Waals surface area contributed by atoms with Crippen LogP contribution < -0.4 is 10.1 Å². The molecule has 0 fully saturated rings. The van der Waals surface area contributed by atoms with Crippen molar-refractivity contribution in [1.82, 2.24) is 10.2 Å². The Hall–Kier alpha value is -2.45. The van der Waals surface area contributed by atoms with Gasteiger partial charge in [0.1, 0.15) is 18.0 Å². The van der Waals surface area contributed by atoms with E-state index in [9.17, 15) is 22.8 Å². The number of rotatable bonds is 4. The second-order valence-corrected chi connectivity index (χ2v) is 7.56. The lowest BCUT2D eigenvalue weighted by atomic mass is 9.93. The van der Waals surface area contributed by atoms with Gasteiger partial charge in [0.15, 0.2) is 0 Å². The van der Waals surface area contributed by atoms with Crippen molar-refractivity contribution in [3.8, 4) is 5.75 Å². The smallest absolute Gasteiger partial charge is 0.471 e. The number of fused-ring (bicyclic) bond motifs is 1. The Kier molecular flexibility index (Phi) is 6.46. The lowest BCUT2D eigenvalue weighted by Gasteiger charge is -2.35. The average molecular weight is 402 g/mol. The first-order valence-electron chi connectivity index (χ1n) is 8.99. The second kappa shape index (κ2) is 8.28. The molecule has 2 rings (SSSR count). The van der Waals surface area contributed by atoms with Crippen molar-refractivity contribution in [3.05, 3.63) is 29.3 Å². The lowest BCUT2D eigenvalue weighted by Crippen LogP contribution is -2.45. The van der Waals surface area contributed by atoms with Crippen molar-refractivity contribution < 1.29 is 32.2 Å². The quantitative estimate of drug-likeness (QED) is 0.782. The van der Waals surface area contributed by atoms with E-state index in [-0.39, 0.29) is 19.7 Å². The minimum Gasteiger partial charge on any atom is -0.492 e. The van der Waals surface area contributed by atoms with Gasteiger partial charge in [-0.1, -0.05) is 6.07 Å². The van der Waals surface area contributed by atoms with Crippen LogP contribution in [-0.4, -0.2) is 48.4 Å². The van der Waals surface area contributed by atoms with Gasteiger partial charge >= 0.3 is 18.2 Å². The van der Waals surface area contributed by atoms with Crippen LogP contribution in [0.5, 0.6) is 5.75 Å². The fourth-order valence-electron chi connectivity index (χ4n) is 2.96. The molecule has 0 saturated heterocycles. The van der Waals surface area contributed by atoms with Gasteiger partial charge in [-0.15, -0.1) is 0 Å². The minimum absolute atomic E-state index is 0.0204. The van der Waals surface area contributed by atoms with Gasteiger partial charge in [-0.25, -0.2) is 4.79 Å². The van der Waals surface area contributed by atoms with Crippen molar-refractivity contribution in [2.45, 2.75) is 51.9 Å². The largest absolute Gasteiger partial charge is 0.492 e. The van der Waals surface area contributed by atoms with Gasteiger partial charge in [0.25, 0.3) is 0 Å². The van der Waals surface area contributed by atoms with Crippen LogP contribution in [0.1, 0.15) is 44.9 Å². The molecule has 1 atom stereocenters. The molecule has 6 nitrogen and oxygen atoms in total. The van der Waals surface area contributed by atoms with E-state index in [4.69, 9.17) is 9.47 Å². The highest BCUT2D eigenvalue weighted by Gasteiger charge is 2.45. The van der Waals surface area contributed by atoms with E-state index in [1.807, 2.05) is 0 Å². The number of amides is 2. The normalized spacial score (nSPS) is 17.0. The summed E-state index contributed by atoms with van der Waals surface area (Å²) in [6.07, 6.45) is -5.11. The Morgan fingerprint density at radius 1 is 1.25 bits per heavy atom. The molecular weight excluding hydrogens is 377 g/mol. The van der Waals surface area contributed by atoms with E-state index >= 15 is 0 Å². The fourth-order valence-corrected chi connectivity index (χ4v) is 2.96. The molecule has 1 unspecified atom stereocenters. The summed E-state index contributed by atoms with van der Waals surface area (Å²) in [6, 6.07) is 4.45. The Morgan fingerprint density at radius 2 is 1.93 bits per heavy atom. The molecule has 0 bridgehead atoms. The predicted molar refractivity (Wildman–Crippen MR) is 96.1 cm³/mol. The highest BCUT2D eigenvalue weighted by atomic mass is 19.4. The van der Waals surface area contributed by atoms with E-state index in [1.165, 1.54) is 0 Å². The zero-order valence-electron chi connectivity index (χ0n) is 16.4. The van der Waals surface area contributed by atoms with Gasteiger partial charge in [0, 0.05) is 6.54 Å². The molecule has 1 aliphatic heterocycles. The summed E-state index contributed by atoms with van der Waals surface area (Å²) in [5.41, 5.74) is 0.915. The van der Waals surface area contributed by atoms with Crippen LogP contribution in [-0.2, 0) is 16.0 Å². The fraction of sp³-hybridized carbons (Fsp3) is 0.579. The number of benzene rings is 1. The average Bonchev–Trinajstić information content (AvgIpc) is 2.56. The number of ether oxygens (including phenoxy) is 2. The van der Waals surface area contributed by atoms with Crippen LogP contribution in [0.3, 0.4) is 0 Å². The summed E-state index contributed by atoms with van der Waals surface area (Å²) in [6.45, 7) is 7.22. The van der Waals surface area contributed by atoms with Crippen molar-refractivity contribution in [2.75, 3.05) is 19.7 Å². The molecule has 0 spiro atoms. The molecule has 1 heterocycles. The lowest BCUT2D eigenvalue weighted by molar-refractivity contribution is -0.188. The van der Waals surface area contributed by atoms with Crippen LogP contribution in [0.15, 0.2) is 18.2 Å². The molecule has 2 amide bonds. The molecule has 0 aromatic heterocycles. The third-order valence-corrected chi connectivity index (χ3v) is 4.20. The zero-order valence-corrected chi connectivity index (χ0v) is 16.4. The minimum atomic E-state index is -4.90. The number of alkyl halides is 3. The topological polar surface area (TPSA) is 67.9 Å². The molecular formula is C19H25F3N2O4. The van der Waals surface area contributed by atoms with Crippen LogP contribution in [0.25, 0.3) is 0 Å². The van der Waals surface area contributed by atoms with E-state index < -0.39 is 29.8 Å². The molecule has 156 valence electrons. The van der Waals surface area contributed by atoms with E-state index in [0.29, 0.717) is 17.7 Å². The number of nitrogens with one attached hydrogen (secondary N) is 1. The van der Waals surface area contributed by atoms with Crippen molar-refractivity contribution in [2.24, 2.45) is 0 Å². The molecule has 0 aliphatic carbocycles. The van der Waals surface area contributed by atoms with Crippen LogP contribution in [0.2, 0.25) is 0 Å². The standard InChI is InChI=1S/C19H25F3N2O4/c1-12-15-11-14(27-10-8-23-17(26)28-18(2,3)4)6-5-13(15)7-9-24(12)16(25)19(20,21)22/h5-6,11-12H,7-10H2,1-4H3,(H,23,26).